The van der Waals surface area contributed by atoms with Gasteiger partial charge < -0.3 is 5.32 Å². The molecule has 1 spiro atoms. The van der Waals surface area contributed by atoms with E-state index in [0.717, 1.165) is 32.2 Å². The summed E-state index contributed by atoms with van der Waals surface area (Å²) in [4.78, 5) is 10.9. The van der Waals surface area contributed by atoms with Crippen LogP contribution in [0.5, 0.6) is 0 Å². The van der Waals surface area contributed by atoms with Gasteiger partial charge in [0, 0.05) is 18.4 Å². The van der Waals surface area contributed by atoms with Gasteiger partial charge in [-0.25, -0.2) is 0 Å². The van der Waals surface area contributed by atoms with E-state index in [-0.39, 0.29) is 0 Å². The van der Waals surface area contributed by atoms with E-state index in [1.54, 1.807) is 0 Å². The highest BCUT2D eigenvalue weighted by atomic mass is 16.1. The van der Waals surface area contributed by atoms with Crippen LogP contribution in [-0.4, -0.2) is 17.9 Å². The number of rotatable bonds is 0. The maximum atomic E-state index is 10.9. The van der Waals surface area contributed by atoms with Crippen LogP contribution in [0.1, 0.15) is 32.1 Å². The second-order valence-electron chi connectivity index (χ2n) is 3.50. The van der Waals surface area contributed by atoms with E-state index >= 15 is 0 Å². The van der Waals surface area contributed by atoms with Crippen molar-refractivity contribution in [2.24, 2.45) is 0 Å². The molecule has 2 heteroatoms. The Balaban J connectivity index is 1.96. The number of carbonyl (C=O) groups is 1. The van der Waals surface area contributed by atoms with Crippen LogP contribution >= 0.6 is 0 Å². The molecule has 0 radical (unpaired) electrons. The van der Waals surface area contributed by atoms with Crippen LogP contribution in [0.4, 0.5) is 0 Å². The topological polar surface area (TPSA) is 29.1 Å². The first kappa shape index (κ1) is 6.35. The van der Waals surface area contributed by atoms with Crippen LogP contribution in [0.25, 0.3) is 0 Å². The van der Waals surface area contributed by atoms with Crippen LogP contribution in [0.3, 0.4) is 0 Å². The predicted molar refractivity (Wildman–Crippen MR) is 38.8 cm³/mol. The summed E-state index contributed by atoms with van der Waals surface area (Å²) in [6, 6.07) is 0. The normalized spacial score (nSPS) is 30.2. The fourth-order valence-electron chi connectivity index (χ4n) is 1.91. The largest absolute Gasteiger partial charge is 0.311 e. The smallest absolute Gasteiger partial charge is 0.133 e. The molecule has 0 unspecified atom stereocenters. The molecule has 1 N–H and O–H groups in total. The first-order valence-corrected chi connectivity index (χ1v) is 4.08. The molecule has 1 aliphatic carbocycles. The molecule has 56 valence electrons. The molecule has 1 heterocycles. The van der Waals surface area contributed by atoms with Crippen molar-refractivity contribution in [2.75, 3.05) is 6.54 Å². The van der Waals surface area contributed by atoms with Crippen molar-refractivity contribution in [1.82, 2.24) is 5.32 Å². The summed E-state index contributed by atoms with van der Waals surface area (Å²) in [5, 5.41) is 3.43. The molecule has 1 saturated heterocycles. The lowest BCUT2D eigenvalue weighted by Crippen LogP contribution is -2.58. The average molecular weight is 139 g/mol. The van der Waals surface area contributed by atoms with Gasteiger partial charge in [0.1, 0.15) is 5.78 Å². The summed E-state index contributed by atoms with van der Waals surface area (Å²) < 4.78 is 0. The van der Waals surface area contributed by atoms with Gasteiger partial charge in [0.15, 0.2) is 0 Å². The van der Waals surface area contributed by atoms with Crippen molar-refractivity contribution in [3.63, 3.8) is 0 Å². The van der Waals surface area contributed by atoms with Crippen LogP contribution in [-0.2, 0) is 4.79 Å². The molecular formula is C8H13NO. The summed E-state index contributed by atoms with van der Waals surface area (Å²) in [7, 11) is 0. The minimum atomic E-state index is 0.411. The van der Waals surface area contributed by atoms with Gasteiger partial charge in [-0.15, -0.1) is 0 Å². The molecule has 1 aliphatic heterocycles. The predicted octanol–water partition coefficient (Wildman–Crippen LogP) is 0.862. The van der Waals surface area contributed by atoms with Gasteiger partial charge in [-0.3, -0.25) is 4.79 Å². The van der Waals surface area contributed by atoms with E-state index < -0.39 is 0 Å². The van der Waals surface area contributed by atoms with Gasteiger partial charge in [-0.05, 0) is 25.8 Å². The Morgan fingerprint density at radius 3 is 2.20 bits per heavy atom. The van der Waals surface area contributed by atoms with E-state index in [9.17, 15) is 4.79 Å². The van der Waals surface area contributed by atoms with E-state index in [0.29, 0.717) is 11.3 Å². The summed E-state index contributed by atoms with van der Waals surface area (Å²) in [6.07, 6.45) is 5.10. The Bertz CT molecular complexity index is 149. The SMILES string of the molecule is O=C1CCC2(CCN2)CC1. The van der Waals surface area contributed by atoms with Gasteiger partial charge in [0.25, 0.3) is 0 Å². The fraction of sp³-hybridized carbons (Fsp3) is 0.875. The van der Waals surface area contributed by atoms with Gasteiger partial charge >= 0.3 is 0 Å². The van der Waals surface area contributed by atoms with Gasteiger partial charge in [0.2, 0.25) is 0 Å². The minimum absolute atomic E-state index is 0.411. The number of hydrogen-bond donors (Lipinski definition) is 1. The van der Waals surface area contributed by atoms with E-state index in [2.05, 4.69) is 5.32 Å². The van der Waals surface area contributed by atoms with Crippen molar-refractivity contribution in [2.45, 2.75) is 37.6 Å². The molecule has 2 rings (SSSR count). The van der Waals surface area contributed by atoms with Gasteiger partial charge in [-0.1, -0.05) is 0 Å². The highest BCUT2D eigenvalue weighted by Gasteiger charge is 2.38. The maximum absolute atomic E-state index is 10.9. The zero-order chi connectivity index (χ0) is 7.03. The monoisotopic (exact) mass is 139 g/mol. The maximum Gasteiger partial charge on any atom is 0.133 e. The Morgan fingerprint density at radius 1 is 1.20 bits per heavy atom. The highest BCUT2D eigenvalue weighted by Crippen LogP contribution is 2.33. The quantitative estimate of drug-likeness (QED) is 0.539. The lowest BCUT2D eigenvalue weighted by molar-refractivity contribution is -0.122. The number of Topliss-reactive ketones (excluding diaryl/α,β-unsaturated/α-hetero) is 1. The zero-order valence-electron chi connectivity index (χ0n) is 6.15. The van der Waals surface area contributed by atoms with Crippen LogP contribution in [0, 0.1) is 0 Å². The van der Waals surface area contributed by atoms with Crippen molar-refractivity contribution in [1.29, 1.82) is 0 Å². The second kappa shape index (κ2) is 2.06. The van der Waals surface area contributed by atoms with Crippen molar-refractivity contribution < 1.29 is 4.79 Å². The lowest BCUT2D eigenvalue weighted by atomic mass is 9.74. The molecule has 0 aromatic heterocycles. The zero-order valence-corrected chi connectivity index (χ0v) is 6.15. The average Bonchev–Trinajstić information content (AvgIpc) is 1.86. The number of hydrogen-bond acceptors (Lipinski definition) is 2. The van der Waals surface area contributed by atoms with E-state index in [1.165, 1.54) is 6.42 Å². The molecule has 2 fully saturated rings. The lowest BCUT2D eigenvalue weighted by Gasteiger charge is -2.45. The molecule has 10 heavy (non-hydrogen) atoms. The number of nitrogens with one attached hydrogen (secondary N) is 1. The van der Waals surface area contributed by atoms with Gasteiger partial charge in [-0.2, -0.15) is 0 Å². The summed E-state index contributed by atoms with van der Waals surface area (Å²) in [6.45, 7) is 1.16. The Labute approximate surface area is 61.0 Å². The Morgan fingerprint density at radius 2 is 1.80 bits per heavy atom. The molecule has 0 bridgehead atoms. The fourth-order valence-corrected chi connectivity index (χ4v) is 1.91. The minimum Gasteiger partial charge on any atom is -0.311 e. The Hall–Kier alpha value is -0.370. The Kier molecular flexibility index (Phi) is 1.31. The molecule has 2 nitrogen and oxygen atoms in total. The summed E-state index contributed by atoms with van der Waals surface area (Å²) >= 11 is 0. The van der Waals surface area contributed by atoms with Crippen LogP contribution in [0.2, 0.25) is 0 Å². The summed E-state index contributed by atoms with van der Waals surface area (Å²) in [5.41, 5.74) is 0.411. The molecule has 0 aromatic carbocycles. The third-order valence-corrected chi connectivity index (χ3v) is 2.87. The van der Waals surface area contributed by atoms with Crippen molar-refractivity contribution >= 4 is 5.78 Å². The highest BCUT2D eigenvalue weighted by molar-refractivity contribution is 5.79. The second-order valence-corrected chi connectivity index (χ2v) is 3.50. The third-order valence-electron chi connectivity index (χ3n) is 2.87. The number of ketones is 1. The molecule has 0 amide bonds. The first-order chi connectivity index (χ1) is 4.81. The first-order valence-electron chi connectivity index (χ1n) is 4.08. The van der Waals surface area contributed by atoms with Crippen LogP contribution in [0.15, 0.2) is 0 Å². The van der Waals surface area contributed by atoms with E-state index in [1.807, 2.05) is 0 Å². The van der Waals surface area contributed by atoms with Crippen molar-refractivity contribution in [3.05, 3.63) is 0 Å². The molecule has 0 atom stereocenters. The van der Waals surface area contributed by atoms with Gasteiger partial charge in [0.05, 0.1) is 0 Å². The van der Waals surface area contributed by atoms with Crippen LogP contribution < -0.4 is 5.32 Å². The number of carbonyl (C=O) groups excluding carboxylic acids is 1. The summed E-state index contributed by atoms with van der Waals surface area (Å²) in [5.74, 6) is 0.458. The molecular weight excluding hydrogens is 126 g/mol. The molecule has 1 saturated carbocycles. The molecule has 0 aromatic rings. The van der Waals surface area contributed by atoms with E-state index in [4.69, 9.17) is 0 Å². The standard InChI is InChI=1S/C8H13NO/c10-7-1-3-8(4-2-7)5-6-9-8/h9H,1-6H2. The third kappa shape index (κ3) is 0.870. The molecule has 2 aliphatic rings. The van der Waals surface area contributed by atoms with Crippen molar-refractivity contribution in [3.8, 4) is 0 Å².